The van der Waals surface area contributed by atoms with Crippen LogP contribution in [0.25, 0.3) is 0 Å². The summed E-state index contributed by atoms with van der Waals surface area (Å²) in [4.78, 5) is 17.8. The number of carbonyl (C=O) groups is 1. The molecule has 1 atom stereocenters. The summed E-state index contributed by atoms with van der Waals surface area (Å²) in [6.45, 7) is 0. The van der Waals surface area contributed by atoms with Crippen LogP contribution in [0.4, 0.5) is 11.4 Å². The predicted octanol–water partition coefficient (Wildman–Crippen LogP) is 2.58. The van der Waals surface area contributed by atoms with Crippen molar-refractivity contribution in [3.05, 3.63) is 88.4 Å². The van der Waals surface area contributed by atoms with Crippen molar-refractivity contribution in [2.75, 3.05) is 11.1 Å². The molecule has 0 aliphatic carbocycles. The number of carbonyl (C=O) groups excluding carboxylic acids is 1. The number of benzodiazepines with no additional fused rings is 1. The molecule has 1 aliphatic rings. The Morgan fingerprint density at radius 3 is 2.57 bits per heavy atom. The zero-order valence-electron chi connectivity index (χ0n) is 15.4. The molecule has 4 nitrogen and oxygen atoms in total. The van der Waals surface area contributed by atoms with Crippen LogP contribution in [0, 0.1) is 0 Å². The van der Waals surface area contributed by atoms with Gasteiger partial charge in [0.15, 0.2) is 0 Å². The number of nitrogens with two attached hydrogens (primary N) is 1. The summed E-state index contributed by atoms with van der Waals surface area (Å²) in [6, 6.07) is 20.4. The van der Waals surface area contributed by atoms with Gasteiger partial charge < -0.3 is 11.1 Å². The summed E-state index contributed by atoms with van der Waals surface area (Å²) in [5.74, 6) is -0.128. The molecule has 0 radical (unpaired) electrons. The van der Waals surface area contributed by atoms with Crippen LogP contribution in [0.3, 0.4) is 0 Å². The Morgan fingerprint density at radius 2 is 1.82 bits per heavy atom. The number of benzene rings is 3. The predicted molar refractivity (Wildman–Crippen MR) is 119 cm³/mol. The summed E-state index contributed by atoms with van der Waals surface area (Å²) in [5, 5.41) is 3.60. The fraction of sp³-hybridized carbons (Fsp3) is 0.0909. The normalized spacial score (nSPS) is 16.0. The molecular formula is C22H19BClN3O. The third-order valence-electron chi connectivity index (χ3n) is 4.94. The first-order chi connectivity index (χ1) is 13.5. The highest BCUT2D eigenvalue weighted by molar-refractivity contribution is 6.33. The van der Waals surface area contributed by atoms with E-state index in [-0.39, 0.29) is 5.91 Å². The molecular weight excluding hydrogens is 369 g/mol. The van der Waals surface area contributed by atoms with Crippen molar-refractivity contribution in [1.29, 1.82) is 0 Å². The Bertz CT molecular complexity index is 1080. The van der Waals surface area contributed by atoms with Crippen LogP contribution in [0.2, 0.25) is 5.02 Å². The lowest BCUT2D eigenvalue weighted by Gasteiger charge is -2.13. The maximum absolute atomic E-state index is 12.9. The molecule has 0 spiro atoms. The molecule has 6 heteroatoms. The minimum absolute atomic E-state index is 0.128. The molecule has 3 aromatic rings. The molecule has 28 heavy (non-hydrogen) atoms. The van der Waals surface area contributed by atoms with Crippen molar-refractivity contribution in [2.45, 2.75) is 12.5 Å². The quantitative estimate of drug-likeness (QED) is 0.536. The van der Waals surface area contributed by atoms with E-state index in [9.17, 15) is 4.79 Å². The zero-order valence-corrected chi connectivity index (χ0v) is 16.2. The minimum atomic E-state index is -0.542. The van der Waals surface area contributed by atoms with Crippen LogP contribution in [0.1, 0.15) is 16.7 Å². The van der Waals surface area contributed by atoms with Crippen LogP contribution in [-0.2, 0) is 11.2 Å². The van der Waals surface area contributed by atoms with Gasteiger partial charge in [-0.2, -0.15) is 0 Å². The number of anilines is 2. The molecule has 0 aromatic heterocycles. The number of halogens is 1. The number of aliphatic imine (C=N–C) groups is 1. The monoisotopic (exact) mass is 387 g/mol. The van der Waals surface area contributed by atoms with Crippen LogP contribution in [0.5, 0.6) is 0 Å². The average molecular weight is 388 g/mol. The summed E-state index contributed by atoms with van der Waals surface area (Å²) >= 11 is 6.24. The number of rotatable bonds is 3. The largest absolute Gasteiger partial charge is 0.399 e. The van der Waals surface area contributed by atoms with E-state index in [2.05, 4.69) is 5.32 Å². The van der Waals surface area contributed by atoms with Crippen molar-refractivity contribution in [1.82, 2.24) is 0 Å². The minimum Gasteiger partial charge on any atom is -0.399 e. The van der Waals surface area contributed by atoms with Crippen LogP contribution < -0.4 is 16.5 Å². The smallest absolute Gasteiger partial charge is 0.249 e. The van der Waals surface area contributed by atoms with E-state index >= 15 is 0 Å². The standard InChI is InChI=1S/C22H19BClN3O/c23-18-4-2-1-3-14(18)11-20-22(28)27-19-10-7-15(24)12-17(19)21(26-20)13-5-8-16(25)9-6-13/h1-10,12,20H,11,23,25H2,(H,27,28). The summed E-state index contributed by atoms with van der Waals surface area (Å²) in [5.41, 5.74) is 11.9. The molecule has 1 aliphatic heterocycles. The lowest BCUT2D eigenvalue weighted by molar-refractivity contribution is -0.117. The summed E-state index contributed by atoms with van der Waals surface area (Å²) in [7, 11) is 2.04. The van der Waals surface area contributed by atoms with Crippen molar-refractivity contribution >= 4 is 47.9 Å². The van der Waals surface area contributed by atoms with E-state index in [0.29, 0.717) is 22.8 Å². The molecule has 1 amide bonds. The van der Waals surface area contributed by atoms with Crippen LogP contribution >= 0.6 is 11.6 Å². The number of amides is 1. The topological polar surface area (TPSA) is 67.5 Å². The molecule has 0 saturated carbocycles. The molecule has 0 saturated heterocycles. The Balaban J connectivity index is 1.84. The molecule has 4 rings (SSSR count). The van der Waals surface area contributed by atoms with E-state index in [1.807, 2.05) is 68.5 Å². The third kappa shape index (κ3) is 3.66. The molecule has 138 valence electrons. The Morgan fingerprint density at radius 1 is 1.07 bits per heavy atom. The first-order valence-electron chi connectivity index (χ1n) is 9.10. The van der Waals surface area contributed by atoms with Gasteiger partial charge in [0.25, 0.3) is 0 Å². The fourth-order valence-electron chi connectivity index (χ4n) is 3.38. The van der Waals surface area contributed by atoms with E-state index < -0.39 is 6.04 Å². The number of hydrogen-bond donors (Lipinski definition) is 2. The van der Waals surface area contributed by atoms with E-state index in [0.717, 1.165) is 27.9 Å². The van der Waals surface area contributed by atoms with Gasteiger partial charge in [-0.25, -0.2) is 0 Å². The number of nitrogens with one attached hydrogen (secondary N) is 1. The first-order valence-corrected chi connectivity index (χ1v) is 9.48. The molecule has 1 heterocycles. The summed E-state index contributed by atoms with van der Waals surface area (Å²) in [6.07, 6.45) is 0.526. The highest BCUT2D eigenvalue weighted by Gasteiger charge is 2.26. The lowest BCUT2D eigenvalue weighted by Crippen LogP contribution is -2.29. The van der Waals surface area contributed by atoms with Crippen molar-refractivity contribution in [3.63, 3.8) is 0 Å². The van der Waals surface area contributed by atoms with E-state index in [1.54, 1.807) is 6.07 Å². The average Bonchev–Trinajstić information content (AvgIpc) is 2.81. The summed E-state index contributed by atoms with van der Waals surface area (Å²) < 4.78 is 0. The number of hydrogen-bond acceptors (Lipinski definition) is 3. The van der Waals surface area contributed by atoms with Crippen molar-refractivity contribution < 1.29 is 4.79 Å². The van der Waals surface area contributed by atoms with Gasteiger partial charge >= 0.3 is 0 Å². The molecule has 3 aromatic carbocycles. The fourth-order valence-corrected chi connectivity index (χ4v) is 3.55. The second kappa shape index (κ2) is 7.53. The van der Waals surface area contributed by atoms with Gasteiger partial charge in [0, 0.05) is 28.3 Å². The molecule has 1 unspecified atom stereocenters. The second-order valence-corrected chi connectivity index (χ2v) is 7.36. The Labute approximate surface area is 169 Å². The van der Waals surface area contributed by atoms with Crippen molar-refractivity contribution in [2.24, 2.45) is 4.99 Å². The van der Waals surface area contributed by atoms with Gasteiger partial charge in [-0.3, -0.25) is 9.79 Å². The van der Waals surface area contributed by atoms with Crippen LogP contribution in [0.15, 0.2) is 71.7 Å². The van der Waals surface area contributed by atoms with Gasteiger partial charge in [-0.15, -0.1) is 0 Å². The van der Waals surface area contributed by atoms with Gasteiger partial charge in [-0.1, -0.05) is 59.0 Å². The van der Waals surface area contributed by atoms with Gasteiger partial charge in [-0.05, 0) is 30.3 Å². The highest BCUT2D eigenvalue weighted by Crippen LogP contribution is 2.28. The first kappa shape index (κ1) is 18.3. The SMILES string of the molecule is Bc1ccccc1CC1N=C(c2ccc(N)cc2)c2cc(Cl)ccc2NC1=O. The Kier molecular flexibility index (Phi) is 4.92. The van der Waals surface area contributed by atoms with Gasteiger partial charge in [0.1, 0.15) is 13.9 Å². The van der Waals surface area contributed by atoms with Crippen LogP contribution in [-0.4, -0.2) is 25.5 Å². The second-order valence-electron chi connectivity index (χ2n) is 6.93. The maximum Gasteiger partial charge on any atom is 0.249 e. The zero-order chi connectivity index (χ0) is 19.7. The van der Waals surface area contributed by atoms with E-state index in [4.69, 9.17) is 22.3 Å². The number of nitrogen functional groups attached to an aromatic ring is 1. The molecule has 0 bridgehead atoms. The lowest BCUT2D eigenvalue weighted by atomic mass is 9.87. The maximum atomic E-state index is 12.9. The van der Waals surface area contributed by atoms with E-state index in [1.165, 1.54) is 0 Å². The Hall–Kier alpha value is -3.05. The molecule has 0 fully saturated rings. The number of nitrogens with zero attached hydrogens (tertiary/aromatic N) is 1. The number of fused-ring (bicyclic) bond motifs is 1. The van der Waals surface area contributed by atoms with Gasteiger partial charge in [0.2, 0.25) is 5.91 Å². The van der Waals surface area contributed by atoms with Gasteiger partial charge in [0.05, 0.1) is 11.4 Å². The molecule has 3 N–H and O–H groups in total. The highest BCUT2D eigenvalue weighted by atomic mass is 35.5. The van der Waals surface area contributed by atoms with Crippen molar-refractivity contribution in [3.8, 4) is 0 Å². The third-order valence-corrected chi connectivity index (χ3v) is 5.18.